The van der Waals surface area contributed by atoms with E-state index in [0.717, 1.165) is 12.4 Å². The van der Waals surface area contributed by atoms with Crippen LogP contribution in [0.15, 0.2) is 24.8 Å². The van der Waals surface area contributed by atoms with Gasteiger partial charge in [0.2, 0.25) is 0 Å². The van der Waals surface area contributed by atoms with E-state index in [-0.39, 0.29) is 5.82 Å². The maximum absolute atomic E-state index is 13.5. The quantitative estimate of drug-likeness (QED) is 0.860. The average Bonchev–Trinajstić information content (AvgIpc) is 2.76. The van der Waals surface area contributed by atoms with Crippen LogP contribution < -0.4 is 5.73 Å². The molecule has 2 aromatic heterocycles. The fraction of sp³-hybridized carbons (Fsp3) is 0.364. The predicted molar refractivity (Wildman–Crippen MR) is 60.5 cm³/mol. The second kappa shape index (κ2) is 5.01. The van der Waals surface area contributed by atoms with Crippen molar-refractivity contribution in [2.75, 3.05) is 0 Å². The zero-order chi connectivity index (χ0) is 12.3. The zero-order valence-electron chi connectivity index (χ0n) is 9.55. The van der Waals surface area contributed by atoms with Gasteiger partial charge in [-0.05, 0) is 13.0 Å². The summed E-state index contributed by atoms with van der Waals surface area (Å²) in [7, 11) is 0. The van der Waals surface area contributed by atoms with E-state index in [1.54, 1.807) is 10.7 Å². The first-order valence-electron chi connectivity index (χ1n) is 5.44. The molecule has 2 heterocycles. The molecular formula is C11H14FN5. The molecule has 0 amide bonds. The third-order valence-electron chi connectivity index (χ3n) is 2.60. The standard InChI is InChI=1S/C11H14FN5/c1-2-17-11(15-7-16-17)5-10(13)8-3-4-14-6-9(8)12/h3-4,6-7,10H,2,5,13H2,1H3. The Morgan fingerprint density at radius 1 is 1.53 bits per heavy atom. The number of nitrogens with two attached hydrogens (primary N) is 1. The van der Waals surface area contributed by atoms with Gasteiger partial charge in [-0.25, -0.2) is 9.37 Å². The van der Waals surface area contributed by atoms with E-state index in [4.69, 9.17) is 5.73 Å². The highest BCUT2D eigenvalue weighted by Crippen LogP contribution is 2.17. The molecule has 0 aliphatic heterocycles. The lowest BCUT2D eigenvalue weighted by Gasteiger charge is -2.12. The van der Waals surface area contributed by atoms with E-state index in [2.05, 4.69) is 15.1 Å². The second-order valence-corrected chi connectivity index (χ2v) is 3.70. The SMILES string of the molecule is CCn1ncnc1CC(N)c1ccncc1F. The van der Waals surface area contributed by atoms with Crippen molar-refractivity contribution in [3.05, 3.63) is 42.0 Å². The van der Waals surface area contributed by atoms with Crippen LogP contribution in [0.25, 0.3) is 0 Å². The summed E-state index contributed by atoms with van der Waals surface area (Å²) >= 11 is 0. The van der Waals surface area contributed by atoms with Crippen molar-refractivity contribution in [2.45, 2.75) is 25.9 Å². The van der Waals surface area contributed by atoms with Crippen LogP contribution in [0.1, 0.15) is 24.4 Å². The van der Waals surface area contributed by atoms with Crippen LogP contribution in [0.2, 0.25) is 0 Å². The molecule has 2 aromatic rings. The number of pyridine rings is 1. The highest BCUT2D eigenvalue weighted by atomic mass is 19.1. The Labute approximate surface area is 98.5 Å². The predicted octanol–water partition coefficient (Wildman–Crippen LogP) is 1.07. The van der Waals surface area contributed by atoms with Gasteiger partial charge >= 0.3 is 0 Å². The van der Waals surface area contributed by atoms with Gasteiger partial charge in [-0.15, -0.1) is 0 Å². The van der Waals surface area contributed by atoms with Crippen molar-refractivity contribution >= 4 is 0 Å². The van der Waals surface area contributed by atoms with Crippen molar-refractivity contribution in [3.8, 4) is 0 Å². The molecule has 6 heteroatoms. The Morgan fingerprint density at radius 3 is 3.06 bits per heavy atom. The minimum absolute atomic E-state index is 0.387. The molecule has 0 saturated heterocycles. The lowest BCUT2D eigenvalue weighted by molar-refractivity contribution is 0.547. The lowest BCUT2D eigenvalue weighted by atomic mass is 10.1. The number of halogens is 1. The molecule has 1 atom stereocenters. The van der Waals surface area contributed by atoms with Gasteiger partial charge in [-0.1, -0.05) is 0 Å². The summed E-state index contributed by atoms with van der Waals surface area (Å²) in [6.45, 7) is 2.69. The van der Waals surface area contributed by atoms with Gasteiger partial charge < -0.3 is 5.73 Å². The fourth-order valence-corrected chi connectivity index (χ4v) is 1.70. The average molecular weight is 235 g/mol. The smallest absolute Gasteiger partial charge is 0.146 e. The Bertz CT molecular complexity index is 496. The summed E-state index contributed by atoms with van der Waals surface area (Å²) in [6.07, 6.45) is 4.63. The first kappa shape index (κ1) is 11.7. The van der Waals surface area contributed by atoms with E-state index in [9.17, 15) is 4.39 Å². The van der Waals surface area contributed by atoms with E-state index < -0.39 is 6.04 Å². The molecule has 90 valence electrons. The highest BCUT2D eigenvalue weighted by Gasteiger charge is 2.14. The molecule has 2 rings (SSSR count). The minimum atomic E-state index is -0.438. The van der Waals surface area contributed by atoms with E-state index in [0.29, 0.717) is 12.0 Å². The Hall–Kier alpha value is -1.82. The number of aromatic nitrogens is 4. The van der Waals surface area contributed by atoms with Crippen molar-refractivity contribution < 1.29 is 4.39 Å². The van der Waals surface area contributed by atoms with Gasteiger partial charge in [-0.3, -0.25) is 9.67 Å². The molecule has 0 saturated carbocycles. The fourth-order valence-electron chi connectivity index (χ4n) is 1.70. The van der Waals surface area contributed by atoms with E-state index >= 15 is 0 Å². The third-order valence-corrected chi connectivity index (χ3v) is 2.60. The highest BCUT2D eigenvalue weighted by molar-refractivity contribution is 5.18. The van der Waals surface area contributed by atoms with Crippen LogP contribution in [-0.2, 0) is 13.0 Å². The minimum Gasteiger partial charge on any atom is -0.323 e. The molecule has 0 radical (unpaired) electrons. The summed E-state index contributed by atoms with van der Waals surface area (Å²) in [5, 5.41) is 4.05. The summed E-state index contributed by atoms with van der Waals surface area (Å²) in [6, 6.07) is 1.15. The van der Waals surface area contributed by atoms with Crippen molar-refractivity contribution in [2.24, 2.45) is 5.73 Å². The normalized spacial score (nSPS) is 12.6. The van der Waals surface area contributed by atoms with Gasteiger partial charge in [0.05, 0.1) is 6.20 Å². The molecule has 0 aliphatic carbocycles. The van der Waals surface area contributed by atoms with E-state index in [1.165, 1.54) is 18.7 Å². The lowest BCUT2D eigenvalue weighted by Crippen LogP contribution is -2.18. The number of nitrogens with zero attached hydrogens (tertiary/aromatic N) is 4. The zero-order valence-corrected chi connectivity index (χ0v) is 9.55. The monoisotopic (exact) mass is 235 g/mol. The molecule has 0 aromatic carbocycles. The third kappa shape index (κ3) is 2.47. The Kier molecular flexibility index (Phi) is 3.43. The molecule has 0 fully saturated rings. The second-order valence-electron chi connectivity index (χ2n) is 3.70. The van der Waals surface area contributed by atoms with Gasteiger partial charge in [0.25, 0.3) is 0 Å². The van der Waals surface area contributed by atoms with Crippen molar-refractivity contribution in [3.63, 3.8) is 0 Å². The molecule has 0 aliphatic rings. The largest absolute Gasteiger partial charge is 0.323 e. The summed E-state index contributed by atoms with van der Waals surface area (Å²) in [4.78, 5) is 7.81. The van der Waals surface area contributed by atoms with Crippen molar-refractivity contribution in [1.29, 1.82) is 0 Å². The number of aryl methyl sites for hydroxylation is 1. The first-order chi connectivity index (χ1) is 8.22. The van der Waals surface area contributed by atoms with Crippen LogP contribution in [0.3, 0.4) is 0 Å². The molecule has 2 N–H and O–H groups in total. The van der Waals surface area contributed by atoms with Crippen LogP contribution in [0, 0.1) is 5.82 Å². The van der Waals surface area contributed by atoms with Crippen molar-refractivity contribution in [1.82, 2.24) is 19.7 Å². The topological polar surface area (TPSA) is 69.6 Å². The Balaban J connectivity index is 2.17. The van der Waals surface area contributed by atoms with Gasteiger partial charge in [0.15, 0.2) is 0 Å². The van der Waals surface area contributed by atoms with Gasteiger partial charge in [0.1, 0.15) is 18.0 Å². The van der Waals surface area contributed by atoms with Gasteiger partial charge in [-0.2, -0.15) is 5.10 Å². The maximum atomic E-state index is 13.5. The number of rotatable bonds is 4. The summed E-state index contributed by atoms with van der Waals surface area (Å²) in [5.41, 5.74) is 6.41. The maximum Gasteiger partial charge on any atom is 0.146 e. The molecule has 0 spiro atoms. The van der Waals surface area contributed by atoms with Crippen LogP contribution >= 0.6 is 0 Å². The van der Waals surface area contributed by atoms with Crippen LogP contribution in [-0.4, -0.2) is 19.7 Å². The Morgan fingerprint density at radius 2 is 2.35 bits per heavy atom. The van der Waals surface area contributed by atoms with Gasteiger partial charge in [0, 0.05) is 30.8 Å². The van der Waals surface area contributed by atoms with E-state index in [1.807, 2.05) is 6.92 Å². The summed E-state index contributed by atoms with van der Waals surface area (Å²) < 4.78 is 15.2. The number of hydrogen-bond donors (Lipinski definition) is 1. The first-order valence-corrected chi connectivity index (χ1v) is 5.44. The van der Waals surface area contributed by atoms with Crippen LogP contribution in [0.5, 0.6) is 0 Å². The molecule has 0 bridgehead atoms. The molecule has 5 nitrogen and oxygen atoms in total. The number of hydrogen-bond acceptors (Lipinski definition) is 4. The van der Waals surface area contributed by atoms with Crippen LogP contribution in [0.4, 0.5) is 4.39 Å². The molecular weight excluding hydrogens is 221 g/mol. The molecule has 1 unspecified atom stereocenters. The summed E-state index contributed by atoms with van der Waals surface area (Å²) in [5.74, 6) is 0.374. The molecule has 17 heavy (non-hydrogen) atoms.